The number of halogens is 3. The van der Waals surface area contributed by atoms with Crippen LogP contribution in [0.3, 0.4) is 0 Å². The van der Waals surface area contributed by atoms with Gasteiger partial charge in [0.2, 0.25) is 0 Å². The molecule has 0 unspecified atom stereocenters. The Bertz CT molecular complexity index is 193. The number of hydrogen-bond acceptors (Lipinski definition) is 3. The monoisotopic (exact) mass is 269 g/mol. The Hall–Kier alpha value is -0.330. The van der Waals surface area contributed by atoms with Gasteiger partial charge in [-0.05, 0) is 39.6 Å². The van der Waals surface area contributed by atoms with Gasteiger partial charge in [0.15, 0.2) is 0 Å². The van der Waals surface area contributed by atoms with E-state index in [1.54, 1.807) is 7.05 Å². The summed E-state index contributed by atoms with van der Waals surface area (Å²) in [5.41, 5.74) is 0. The lowest BCUT2D eigenvalue weighted by Crippen LogP contribution is -2.39. The summed E-state index contributed by atoms with van der Waals surface area (Å²) in [5, 5.41) is 2.89. The number of hydrogen-bond donors (Lipinski definition) is 1. The quantitative estimate of drug-likeness (QED) is 0.652. The molecule has 0 radical (unpaired) electrons. The standard InChI is InChI=1S/C12H26F3N3/c1-4-17(5-2)8-6-9-18(10-7-16-3)11-12(13,14)15/h16H,4-11H2,1-3H3. The normalized spacial score (nSPS) is 12.7. The zero-order valence-electron chi connectivity index (χ0n) is 11.7. The zero-order valence-corrected chi connectivity index (χ0v) is 11.7. The molecule has 0 bridgehead atoms. The maximum atomic E-state index is 12.4. The van der Waals surface area contributed by atoms with E-state index in [2.05, 4.69) is 24.1 Å². The summed E-state index contributed by atoms with van der Waals surface area (Å²) in [6.45, 7) is 7.61. The first-order valence-corrected chi connectivity index (χ1v) is 6.59. The van der Waals surface area contributed by atoms with Gasteiger partial charge in [-0.3, -0.25) is 4.90 Å². The lowest BCUT2D eigenvalue weighted by molar-refractivity contribution is -0.145. The molecule has 110 valence electrons. The smallest absolute Gasteiger partial charge is 0.318 e. The highest BCUT2D eigenvalue weighted by Crippen LogP contribution is 2.16. The summed E-state index contributed by atoms with van der Waals surface area (Å²) in [6.07, 6.45) is -3.33. The van der Waals surface area contributed by atoms with Crippen LogP contribution in [0.15, 0.2) is 0 Å². The molecule has 0 aromatic rings. The second kappa shape index (κ2) is 9.58. The van der Waals surface area contributed by atoms with Crippen molar-refractivity contribution in [1.82, 2.24) is 15.1 Å². The van der Waals surface area contributed by atoms with Crippen molar-refractivity contribution in [3.8, 4) is 0 Å². The molecule has 0 aliphatic heterocycles. The van der Waals surface area contributed by atoms with Crippen LogP contribution in [0.1, 0.15) is 20.3 Å². The van der Waals surface area contributed by atoms with Gasteiger partial charge in [0, 0.05) is 13.1 Å². The first-order valence-electron chi connectivity index (χ1n) is 6.59. The van der Waals surface area contributed by atoms with Gasteiger partial charge in [-0.1, -0.05) is 13.8 Å². The van der Waals surface area contributed by atoms with Gasteiger partial charge in [0.25, 0.3) is 0 Å². The fraction of sp³-hybridized carbons (Fsp3) is 1.00. The Morgan fingerprint density at radius 3 is 1.94 bits per heavy atom. The highest BCUT2D eigenvalue weighted by Gasteiger charge is 2.30. The fourth-order valence-corrected chi connectivity index (χ4v) is 1.85. The molecule has 0 aromatic heterocycles. The molecule has 0 aromatic carbocycles. The minimum absolute atomic E-state index is 0.439. The van der Waals surface area contributed by atoms with Crippen LogP contribution in [-0.2, 0) is 0 Å². The predicted octanol–water partition coefficient (Wildman–Crippen LogP) is 1.80. The third-order valence-corrected chi connectivity index (χ3v) is 2.92. The second-order valence-electron chi connectivity index (χ2n) is 4.38. The van der Waals surface area contributed by atoms with Gasteiger partial charge in [0.1, 0.15) is 0 Å². The lowest BCUT2D eigenvalue weighted by atomic mass is 10.3. The van der Waals surface area contributed by atoms with Crippen LogP contribution in [0.4, 0.5) is 13.2 Å². The van der Waals surface area contributed by atoms with E-state index in [9.17, 15) is 13.2 Å². The van der Waals surface area contributed by atoms with E-state index in [1.165, 1.54) is 4.90 Å². The maximum absolute atomic E-state index is 12.4. The van der Waals surface area contributed by atoms with E-state index < -0.39 is 12.7 Å². The van der Waals surface area contributed by atoms with E-state index in [4.69, 9.17) is 0 Å². The highest BCUT2D eigenvalue weighted by atomic mass is 19.4. The SMILES string of the molecule is CCN(CC)CCCN(CCNC)CC(F)(F)F. The van der Waals surface area contributed by atoms with E-state index in [-0.39, 0.29) is 0 Å². The Labute approximate surface area is 108 Å². The van der Waals surface area contributed by atoms with Crippen LogP contribution in [0, 0.1) is 0 Å². The van der Waals surface area contributed by atoms with Gasteiger partial charge < -0.3 is 10.2 Å². The summed E-state index contributed by atoms with van der Waals surface area (Å²) >= 11 is 0. The van der Waals surface area contributed by atoms with E-state index in [1.807, 2.05) is 0 Å². The molecule has 0 spiro atoms. The van der Waals surface area contributed by atoms with Gasteiger partial charge in [-0.25, -0.2) is 0 Å². The minimum atomic E-state index is -4.11. The van der Waals surface area contributed by atoms with Crippen molar-refractivity contribution in [2.24, 2.45) is 0 Å². The van der Waals surface area contributed by atoms with Crippen molar-refractivity contribution in [3.05, 3.63) is 0 Å². The predicted molar refractivity (Wildman–Crippen MR) is 68.8 cm³/mol. The number of nitrogens with zero attached hydrogens (tertiary/aromatic N) is 2. The van der Waals surface area contributed by atoms with Crippen LogP contribution in [0.5, 0.6) is 0 Å². The topological polar surface area (TPSA) is 18.5 Å². The van der Waals surface area contributed by atoms with Crippen LogP contribution >= 0.6 is 0 Å². The van der Waals surface area contributed by atoms with Gasteiger partial charge in [-0.15, -0.1) is 0 Å². The molecule has 1 N–H and O–H groups in total. The zero-order chi connectivity index (χ0) is 14.0. The molecule has 0 amide bonds. The van der Waals surface area contributed by atoms with E-state index >= 15 is 0 Å². The van der Waals surface area contributed by atoms with Crippen LogP contribution in [-0.4, -0.2) is 68.8 Å². The molecule has 0 saturated heterocycles. The summed E-state index contributed by atoms with van der Waals surface area (Å²) in [5.74, 6) is 0. The van der Waals surface area contributed by atoms with Crippen LogP contribution in [0.25, 0.3) is 0 Å². The summed E-state index contributed by atoms with van der Waals surface area (Å²) in [7, 11) is 1.75. The third-order valence-electron chi connectivity index (χ3n) is 2.92. The summed E-state index contributed by atoms with van der Waals surface area (Å²) < 4.78 is 37.1. The molecule has 0 rings (SSSR count). The Morgan fingerprint density at radius 2 is 1.50 bits per heavy atom. The summed E-state index contributed by atoms with van der Waals surface area (Å²) in [4.78, 5) is 3.70. The van der Waals surface area contributed by atoms with Crippen LogP contribution in [0.2, 0.25) is 0 Å². The van der Waals surface area contributed by atoms with Crippen molar-refractivity contribution in [2.45, 2.75) is 26.4 Å². The van der Waals surface area contributed by atoms with Crippen molar-refractivity contribution >= 4 is 0 Å². The lowest BCUT2D eigenvalue weighted by Gasteiger charge is -2.25. The number of nitrogens with one attached hydrogen (secondary N) is 1. The highest BCUT2D eigenvalue weighted by molar-refractivity contribution is 4.65. The fourth-order valence-electron chi connectivity index (χ4n) is 1.85. The molecule has 0 fully saturated rings. The number of rotatable bonds is 10. The molecule has 18 heavy (non-hydrogen) atoms. The maximum Gasteiger partial charge on any atom is 0.401 e. The number of alkyl halides is 3. The molecular formula is C12H26F3N3. The molecular weight excluding hydrogens is 243 g/mol. The molecule has 0 aliphatic rings. The molecule has 0 saturated carbocycles. The molecule has 3 nitrogen and oxygen atoms in total. The second-order valence-corrected chi connectivity index (χ2v) is 4.38. The minimum Gasteiger partial charge on any atom is -0.318 e. The largest absolute Gasteiger partial charge is 0.401 e. The van der Waals surface area contributed by atoms with E-state index in [0.717, 1.165) is 26.1 Å². The Kier molecular flexibility index (Phi) is 9.40. The van der Waals surface area contributed by atoms with Crippen molar-refractivity contribution in [1.29, 1.82) is 0 Å². The Morgan fingerprint density at radius 1 is 0.944 bits per heavy atom. The molecule has 6 heteroatoms. The number of likely N-dealkylation sites (N-methyl/N-ethyl adjacent to an activating group) is 1. The van der Waals surface area contributed by atoms with Gasteiger partial charge >= 0.3 is 6.18 Å². The van der Waals surface area contributed by atoms with Gasteiger partial charge in [-0.2, -0.15) is 13.2 Å². The summed E-state index contributed by atoms with van der Waals surface area (Å²) in [6, 6.07) is 0. The van der Waals surface area contributed by atoms with Crippen LogP contribution < -0.4 is 5.32 Å². The third kappa shape index (κ3) is 9.67. The average Bonchev–Trinajstić information content (AvgIpc) is 2.29. The molecule has 0 heterocycles. The molecule has 0 aliphatic carbocycles. The first kappa shape index (κ1) is 17.7. The van der Waals surface area contributed by atoms with Gasteiger partial charge in [0.05, 0.1) is 6.54 Å². The van der Waals surface area contributed by atoms with Crippen molar-refractivity contribution in [3.63, 3.8) is 0 Å². The molecule has 0 atom stereocenters. The first-order chi connectivity index (χ1) is 8.42. The van der Waals surface area contributed by atoms with Crippen molar-refractivity contribution in [2.75, 3.05) is 52.9 Å². The average molecular weight is 269 g/mol. The van der Waals surface area contributed by atoms with Crippen molar-refractivity contribution < 1.29 is 13.2 Å². The Balaban J connectivity index is 3.99. The van der Waals surface area contributed by atoms with E-state index in [0.29, 0.717) is 19.6 Å².